The van der Waals surface area contributed by atoms with Crippen LogP contribution in [0.4, 0.5) is 0 Å². The Hall–Kier alpha value is -1.00. The molecule has 0 aromatic heterocycles. The zero-order valence-corrected chi connectivity index (χ0v) is 27.1. The molecule has 9 nitrogen and oxygen atoms in total. The smallest absolute Gasteiger partial charge is 0.493 e. The molecule has 0 bridgehead atoms. The average Bonchev–Trinajstić information content (AvgIpc) is 3.01. The zero-order valence-electron chi connectivity index (χ0n) is 21.7. The Morgan fingerprint density at radius 3 is 2.05 bits per heavy atom. The van der Waals surface area contributed by atoms with Crippen LogP contribution in [0.3, 0.4) is 0 Å². The first kappa shape index (κ1) is 33.5. The van der Waals surface area contributed by atoms with Crippen LogP contribution in [0.25, 0.3) is 11.1 Å². The minimum atomic E-state index is -4.49. The number of hydrogen-bond donors (Lipinski definition) is 1. The number of hydrogen-bond acceptors (Lipinski definition) is 8. The Labute approximate surface area is 262 Å². The van der Waals surface area contributed by atoms with Crippen molar-refractivity contribution < 1.29 is 37.1 Å². The summed E-state index contributed by atoms with van der Waals surface area (Å²) in [5.74, 6) is 1.14. The van der Waals surface area contributed by atoms with Gasteiger partial charge in [-0.1, -0.05) is 75.7 Å². The highest BCUT2D eigenvalue weighted by atomic mass is 35.6. The second kappa shape index (κ2) is 13.5. The third-order valence-electron chi connectivity index (χ3n) is 5.65. The van der Waals surface area contributed by atoms with Gasteiger partial charge in [0.1, 0.15) is 19.0 Å². The number of nitrogens with one attached hydrogen (secondary N) is 1. The van der Waals surface area contributed by atoms with E-state index in [2.05, 4.69) is 5.32 Å². The molecule has 0 fully saturated rings. The summed E-state index contributed by atoms with van der Waals surface area (Å²) in [6, 6.07) is 6.23. The van der Waals surface area contributed by atoms with E-state index in [9.17, 15) is 9.36 Å². The number of ether oxygens (including phenoxy) is 3. The number of amides is 1. The van der Waals surface area contributed by atoms with Crippen molar-refractivity contribution in [3.63, 3.8) is 0 Å². The Bertz CT molecular complexity index is 1260. The first-order valence-corrected chi connectivity index (χ1v) is 15.3. The fourth-order valence-electron chi connectivity index (χ4n) is 4.19. The van der Waals surface area contributed by atoms with E-state index in [4.69, 9.17) is 97.4 Å². The molecule has 1 atom stereocenters. The summed E-state index contributed by atoms with van der Waals surface area (Å²) in [7, 11) is 0.0718. The van der Waals surface area contributed by atoms with Gasteiger partial charge >= 0.3 is 7.82 Å². The van der Waals surface area contributed by atoms with Crippen molar-refractivity contribution in [1.82, 2.24) is 5.32 Å². The maximum atomic E-state index is 13.5. The molecule has 2 aromatic carbocycles. The summed E-state index contributed by atoms with van der Waals surface area (Å²) in [6.45, 7) is 0.106. The second-order valence-electron chi connectivity index (χ2n) is 8.54. The van der Waals surface area contributed by atoms with Crippen molar-refractivity contribution in [2.75, 3.05) is 34.5 Å². The average molecular weight is 700 g/mol. The van der Waals surface area contributed by atoms with E-state index in [0.717, 1.165) is 11.1 Å². The summed E-state index contributed by atoms with van der Waals surface area (Å²) in [6.07, 6.45) is 1.06. The molecular weight excluding hydrogens is 674 g/mol. The van der Waals surface area contributed by atoms with Crippen molar-refractivity contribution in [3.05, 3.63) is 35.4 Å². The molecule has 1 aliphatic carbocycles. The first-order chi connectivity index (χ1) is 18.6. The molecule has 0 spiro atoms. The minimum Gasteiger partial charge on any atom is -0.493 e. The van der Waals surface area contributed by atoms with Crippen molar-refractivity contribution in [1.29, 1.82) is 0 Å². The van der Waals surface area contributed by atoms with Gasteiger partial charge in [-0.25, -0.2) is 4.57 Å². The summed E-state index contributed by atoms with van der Waals surface area (Å²) >= 11 is 34.6. The summed E-state index contributed by atoms with van der Waals surface area (Å²) in [5.41, 5.74) is 2.97. The number of phosphoric acid groups is 1. The Morgan fingerprint density at radius 1 is 0.950 bits per heavy atom. The van der Waals surface area contributed by atoms with Crippen LogP contribution in [0.2, 0.25) is 0 Å². The van der Waals surface area contributed by atoms with Crippen molar-refractivity contribution in [2.24, 2.45) is 0 Å². The quantitative estimate of drug-likeness (QED) is 0.198. The molecule has 0 saturated carbocycles. The van der Waals surface area contributed by atoms with Crippen molar-refractivity contribution in [3.8, 4) is 34.1 Å². The maximum Gasteiger partial charge on any atom is 0.530 e. The van der Waals surface area contributed by atoms with E-state index in [1.165, 1.54) is 34.3 Å². The Kier molecular flexibility index (Phi) is 11.3. The highest BCUT2D eigenvalue weighted by Crippen LogP contribution is 2.55. The Balaban J connectivity index is 2.14. The number of methoxy groups -OCH3 is 3. The predicted molar refractivity (Wildman–Crippen MR) is 157 cm³/mol. The lowest BCUT2D eigenvalue weighted by Gasteiger charge is -2.24. The molecule has 16 heteroatoms. The summed E-state index contributed by atoms with van der Waals surface area (Å²) < 4.78 is 42.6. The molecule has 2 aromatic rings. The Morgan fingerprint density at radius 2 is 1.55 bits per heavy atom. The van der Waals surface area contributed by atoms with Gasteiger partial charge in [-0.2, -0.15) is 0 Å². The molecule has 1 aliphatic rings. The van der Waals surface area contributed by atoms with Crippen molar-refractivity contribution in [2.45, 2.75) is 33.4 Å². The van der Waals surface area contributed by atoms with Gasteiger partial charge in [0.25, 0.3) is 0 Å². The number of benzene rings is 2. The van der Waals surface area contributed by atoms with E-state index in [-0.39, 0.29) is 11.7 Å². The number of halogens is 6. The summed E-state index contributed by atoms with van der Waals surface area (Å²) in [5, 5.41) is 2.95. The third kappa shape index (κ3) is 8.76. The van der Waals surface area contributed by atoms with Gasteiger partial charge in [-0.15, -0.1) is 0 Å². The fraction of sp³-hybridized carbons (Fsp3) is 0.458. The van der Waals surface area contributed by atoms with Gasteiger partial charge in [-0.05, 0) is 47.7 Å². The molecular formula is C24H26Cl6NO8P. The highest BCUT2D eigenvalue weighted by Gasteiger charge is 2.37. The van der Waals surface area contributed by atoms with E-state index in [1.54, 1.807) is 12.1 Å². The van der Waals surface area contributed by atoms with E-state index < -0.39 is 34.7 Å². The molecule has 0 aliphatic heterocycles. The minimum absolute atomic E-state index is 0.0500. The van der Waals surface area contributed by atoms with Crippen LogP contribution in [0, 0.1) is 0 Å². The highest BCUT2D eigenvalue weighted by molar-refractivity contribution is 7.49. The van der Waals surface area contributed by atoms with Gasteiger partial charge in [0.2, 0.25) is 19.2 Å². The van der Waals surface area contributed by atoms with Gasteiger partial charge in [-0.3, -0.25) is 13.8 Å². The topological polar surface area (TPSA) is 102 Å². The largest absolute Gasteiger partial charge is 0.530 e. The van der Waals surface area contributed by atoms with E-state index in [0.29, 0.717) is 41.2 Å². The standard InChI is InChI=1S/C24H26Cl6NO8P/c1-13(32)31-18-8-5-14-9-19(34-2)21(35-3)22(36-4)20(14)16-7-6-15(10-17(16)18)39-40(33,37-11-23(25,26)27)38-12-24(28,29)30/h6-7,9-10,18H,5,8,11-12H2,1-4H3,(H,31,32)/t18-/m0/s1. The number of carbonyl (C=O) groups is 1. The lowest BCUT2D eigenvalue weighted by molar-refractivity contribution is -0.119. The van der Waals surface area contributed by atoms with Crippen molar-refractivity contribution >= 4 is 83.3 Å². The molecule has 1 amide bonds. The number of fused-ring (bicyclic) bond motifs is 3. The molecule has 0 heterocycles. The number of carbonyl (C=O) groups excluding carboxylic acids is 1. The molecule has 1 N–H and O–H groups in total. The molecule has 40 heavy (non-hydrogen) atoms. The molecule has 0 unspecified atom stereocenters. The fourth-order valence-corrected chi connectivity index (χ4v) is 6.23. The third-order valence-corrected chi connectivity index (χ3v) is 7.63. The van der Waals surface area contributed by atoms with Crippen LogP contribution < -0.4 is 24.1 Å². The van der Waals surface area contributed by atoms with Crippen LogP contribution in [0.5, 0.6) is 23.0 Å². The van der Waals surface area contributed by atoms with E-state index in [1.807, 2.05) is 6.07 Å². The maximum absolute atomic E-state index is 13.5. The second-order valence-corrected chi connectivity index (χ2v) is 15.2. The summed E-state index contributed by atoms with van der Waals surface area (Å²) in [4.78, 5) is 12.1. The molecule has 0 radical (unpaired) electrons. The zero-order chi connectivity index (χ0) is 29.9. The van der Waals surface area contributed by atoms with E-state index >= 15 is 0 Å². The van der Waals surface area contributed by atoms with Crippen LogP contribution in [-0.2, 0) is 24.8 Å². The predicted octanol–water partition coefficient (Wildman–Crippen LogP) is 7.76. The SMILES string of the molecule is COc1cc2c(c(OC)c1OC)-c1ccc(OP(=O)(OCC(Cl)(Cl)Cl)OCC(Cl)(Cl)Cl)cc1[C@@H](NC(C)=O)CC2. The lowest BCUT2D eigenvalue weighted by Crippen LogP contribution is -2.26. The van der Waals surface area contributed by atoms with Gasteiger partial charge in [0.05, 0.1) is 27.4 Å². The van der Waals surface area contributed by atoms with Crippen LogP contribution >= 0.6 is 77.4 Å². The lowest BCUT2D eigenvalue weighted by atomic mass is 9.93. The normalized spacial score (nSPS) is 15.4. The molecule has 0 saturated heterocycles. The number of aryl methyl sites for hydroxylation is 1. The van der Waals surface area contributed by atoms with Gasteiger partial charge < -0.3 is 24.1 Å². The van der Waals surface area contributed by atoms with Crippen LogP contribution in [-0.4, -0.2) is 48.0 Å². The van der Waals surface area contributed by atoms with Gasteiger partial charge in [0, 0.05) is 12.5 Å². The monoisotopic (exact) mass is 697 g/mol. The number of alkyl halides is 6. The first-order valence-electron chi connectivity index (χ1n) is 11.5. The number of rotatable bonds is 10. The number of phosphoric ester groups is 1. The molecule has 3 rings (SSSR count). The van der Waals surface area contributed by atoms with Crippen LogP contribution in [0.1, 0.15) is 30.5 Å². The molecule has 222 valence electrons. The van der Waals surface area contributed by atoms with Gasteiger partial charge in [0.15, 0.2) is 11.5 Å². The van der Waals surface area contributed by atoms with Crippen LogP contribution in [0.15, 0.2) is 24.3 Å².